The number of nitro benzene ring substituents is 1. The van der Waals surface area contributed by atoms with E-state index >= 15 is 0 Å². The minimum Gasteiger partial charge on any atom is -0.490 e. The first-order chi connectivity index (χ1) is 11.4. The first kappa shape index (κ1) is 16.9. The Kier molecular flexibility index (Phi) is 5.04. The van der Waals surface area contributed by atoms with Crippen LogP contribution in [0.3, 0.4) is 0 Å². The molecule has 1 N–H and O–H groups in total. The highest BCUT2D eigenvalue weighted by molar-refractivity contribution is 5.95. The van der Waals surface area contributed by atoms with Gasteiger partial charge in [0.15, 0.2) is 5.75 Å². The lowest BCUT2D eigenvalue weighted by atomic mass is 10.1. The summed E-state index contributed by atoms with van der Waals surface area (Å²) in [6.45, 7) is 0.370. The molecule has 0 fully saturated rings. The molecule has 1 aromatic heterocycles. The molecule has 11 heteroatoms. The summed E-state index contributed by atoms with van der Waals surface area (Å²) in [4.78, 5) is 32.3. The topological polar surface area (TPSA) is 142 Å². The predicted octanol–water partition coefficient (Wildman–Crippen LogP) is 1.14. The van der Waals surface area contributed by atoms with Gasteiger partial charge in [-0.2, -0.15) is 5.10 Å². The van der Waals surface area contributed by atoms with E-state index in [0.29, 0.717) is 0 Å². The number of nitro groups is 2. The number of ether oxygens (including phenoxy) is 1. The van der Waals surface area contributed by atoms with Gasteiger partial charge in [-0.1, -0.05) is 0 Å². The van der Waals surface area contributed by atoms with E-state index in [0.717, 1.165) is 12.3 Å². The quantitative estimate of drug-likeness (QED) is 0.590. The smallest absolute Gasteiger partial charge is 0.311 e. The van der Waals surface area contributed by atoms with Gasteiger partial charge in [0, 0.05) is 18.2 Å². The zero-order valence-corrected chi connectivity index (χ0v) is 12.5. The molecule has 0 atom stereocenters. The Morgan fingerprint density at radius 2 is 2.08 bits per heavy atom. The van der Waals surface area contributed by atoms with Crippen molar-refractivity contribution < 1.29 is 19.4 Å². The number of carbonyl (C=O) groups is 1. The molecule has 0 bridgehead atoms. The van der Waals surface area contributed by atoms with Crippen molar-refractivity contribution in [1.29, 1.82) is 0 Å². The third-order valence-electron chi connectivity index (χ3n) is 3.09. The van der Waals surface area contributed by atoms with Gasteiger partial charge in [0.2, 0.25) is 0 Å². The van der Waals surface area contributed by atoms with Crippen molar-refractivity contribution in [1.82, 2.24) is 15.1 Å². The molecule has 24 heavy (non-hydrogen) atoms. The Bertz CT molecular complexity index is 787. The molecule has 1 amide bonds. The van der Waals surface area contributed by atoms with E-state index in [2.05, 4.69) is 10.4 Å². The maximum absolute atomic E-state index is 12.0. The average molecular weight is 335 g/mol. The minimum atomic E-state index is -0.640. The van der Waals surface area contributed by atoms with Crippen molar-refractivity contribution in [2.45, 2.75) is 6.54 Å². The second-order valence-corrected chi connectivity index (χ2v) is 4.62. The molecule has 126 valence electrons. The zero-order chi connectivity index (χ0) is 17.7. The normalized spacial score (nSPS) is 10.2. The summed E-state index contributed by atoms with van der Waals surface area (Å²) in [6, 6.07) is 3.86. The molecule has 0 aliphatic carbocycles. The fourth-order valence-electron chi connectivity index (χ4n) is 1.93. The number of rotatable bonds is 7. The van der Waals surface area contributed by atoms with E-state index in [9.17, 15) is 25.0 Å². The molecule has 2 rings (SSSR count). The van der Waals surface area contributed by atoms with Crippen LogP contribution < -0.4 is 10.1 Å². The molecular formula is C13H13N5O6. The van der Waals surface area contributed by atoms with Gasteiger partial charge in [0.05, 0.1) is 23.5 Å². The second-order valence-electron chi connectivity index (χ2n) is 4.62. The Balaban J connectivity index is 1.98. The van der Waals surface area contributed by atoms with Crippen LogP contribution in [0.25, 0.3) is 0 Å². The maximum atomic E-state index is 12.0. The van der Waals surface area contributed by atoms with Crippen LogP contribution in [-0.2, 0) is 6.54 Å². The van der Waals surface area contributed by atoms with Gasteiger partial charge in [0.25, 0.3) is 5.91 Å². The standard InChI is InChI=1S/C13H13N5O6/c1-24-12-3-2-9(6-11(12)18(22)23)13(19)14-4-5-16-8-10(7-15-16)17(20)21/h2-3,6-8H,4-5H2,1H3,(H,14,19). The van der Waals surface area contributed by atoms with Crippen LogP contribution >= 0.6 is 0 Å². The molecule has 0 unspecified atom stereocenters. The highest BCUT2D eigenvalue weighted by atomic mass is 16.6. The van der Waals surface area contributed by atoms with Crippen LogP contribution in [0.5, 0.6) is 5.75 Å². The largest absolute Gasteiger partial charge is 0.490 e. The van der Waals surface area contributed by atoms with Gasteiger partial charge in [-0.15, -0.1) is 0 Å². The van der Waals surface area contributed by atoms with Crippen LogP contribution in [0.4, 0.5) is 11.4 Å². The molecule has 0 spiro atoms. The second kappa shape index (κ2) is 7.17. The fourth-order valence-corrected chi connectivity index (χ4v) is 1.93. The first-order valence-electron chi connectivity index (χ1n) is 6.70. The van der Waals surface area contributed by atoms with Gasteiger partial charge < -0.3 is 10.1 Å². The van der Waals surface area contributed by atoms with Gasteiger partial charge in [-0.05, 0) is 12.1 Å². The van der Waals surface area contributed by atoms with Crippen LogP contribution in [0.1, 0.15) is 10.4 Å². The molecule has 11 nitrogen and oxygen atoms in total. The summed E-state index contributed by atoms with van der Waals surface area (Å²) < 4.78 is 6.18. The third kappa shape index (κ3) is 3.82. The van der Waals surface area contributed by atoms with Gasteiger partial charge in [0.1, 0.15) is 12.4 Å². The van der Waals surface area contributed by atoms with E-state index in [1.54, 1.807) is 0 Å². The third-order valence-corrected chi connectivity index (χ3v) is 3.09. The molecule has 1 aromatic carbocycles. The van der Waals surface area contributed by atoms with E-state index in [4.69, 9.17) is 4.74 Å². The van der Waals surface area contributed by atoms with E-state index in [-0.39, 0.29) is 35.8 Å². The fraction of sp³-hybridized carbons (Fsp3) is 0.231. The lowest BCUT2D eigenvalue weighted by Crippen LogP contribution is -2.27. The Morgan fingerprint density at radius 3 is 2.67 bits per heavy atom. The van der Waals surface area contributed by atoms with Crippen LogP contribution in [-0.4, -0.2) is 39.2 Å². The lowest BCUT2D eigenvalue weighted by Gasteiger charge is -2.07. The molecule has 0 aliphatic heterocycles. The van der Waals surface area contributed by atoms with Crippen LogP contribution in [0, 0.1) is 20.2 Å². The van der Waals surface area contributed by atoms with E-state index in [1.807, 2.05) is 0 Å². The predicted molar refractivity (Wildman–Crippen MR) is 80.9 cm³/mol. The summed E-state index contributed by atoms with van der Waals surface area (Å²) >= 11 is 0. The number of aromatic nitrogens is 2. The Hall–Kier alpha value is -3.50. The summed E-state index contributed by atoms with van der Waals surface area (Å²) in [7, 11) is 1.30. The van der Waals surface area contributed by atoms with Gasteiger partial charge >= 0.3 is 11.4 Å². The van der Waals surface area contributed by atoms with Crippen molar-refractivity contribution in [2.75, 3.05) is 13.7 Å². The average Bonchev–Trinajstić information content (AvgIpc) is 3.03. The lowest BCUT2D eigenvalue weighted by molar-refractivity contribution is -0.385. The maximum Gasteiger partial charge on any atom is 0.311 e. The molecule has 0 aliphatic rings. The highest BCUT2D eigenvalue weighted by Gasteiger charge is 2.18. The first-order valence-corrected chi connectivity index (χ1v) is 6.70. The highest BCUT2D eigenvalue weighted by Crippen LogP contribution is 2.27. The number of hydrogen-bond donors (Lipinski definition) is 1. The van der Waals surface area contributed by atoms with E-state index < -0.39 is 15.8 Å². The zero-order valence-electron chi connectivity index (χ0n) is 12.5. The SMILES string of the molecule is COc1ccc(C(=O)NCCn2cc([N+](=O)[O-])cn2)cc1[N+](=O)[O-]. The molecular weight excluding hydrogens is 322 g/mol. The summed E-state index contributed by atoms with van der Waals surface area (Å²) in [6.07, 6.45) is 2.35. The Morgan fingerprint density at radius 1 is 1.33 bits per heavy atom. The van der Waals surface area contributed by atoms with Crippen molar-refractivity contribution in [3.63, 3.8) is 0 Å². The van der Waals surface area contributed by atoms with Crippen molar-refractivity contribution in [3.8, 4) is 5.75 Å². The van der Waals surface area contributed by atoms with Crippen molar-refractivity contribution in [2.24, 2.45) is 0 Å². The van der Waals surface area contributed by atoms with Crippen molar-refractivity contribution >= 4 is 17.3 Å². The Labute approximate surface area is 135 Å². The number of benzene rings is 1. The van der Waals surface area contributed by atoms with Crippen LogP contribution in [0.2, 0.25) is 0 Å². The summed E-state index contributed by atoms with van der Waals surface area (Å²) in [5, 5.41) is 27.8. The molecule has 0 saturated heterocycles. The number of amides is 1. The number of hydrogen-bond acceptors (Lipinski definition) is 7. The summed E-state index contributed by atoms with van der Waals surface area (Å²) in [5.74, 6) is -0.456. The van der Waals surface area contributed by atoms with Gasteiger partial charge in [-0.25, -0.2) is 0 Å². The number of nitrogens with zero attached hydrogens (tertiary/aromatic N) is 4. The van der Waals surface area contributed by atoms with Crippen molar-refractivity contribution in [3.05, 3.63) is 56.4 Å². The molecule has 0 saturated carbocycles. The number of nitrogens with one attached hydrogen (secondary N) is 1. The van der Waals surface area contributed by atoms with E-state index in [1.165, 1.54) is 30.1 Å². The molecule has 2 aromatic rings. The number of methoxy groups -OCH3 is 1. The monoisotopic (exact) mass is 335 g/mol. The van der Waals surface area contributed by atoms with Crippen LogP contribution in [0.15, 0.2) is 30.6 Å². The number of carbonyl (C=O) groups excluding carboxylic acids is 1. The summed E-state index contributed by atoms with van der Waals surface area (Å²) in [5.41, 5.74) is -0.353. The molecule has 1 heterocycles. The minimum absolute atomic E-state index is 0.0559. The van der Waals surface area contributed by atoms with Gasteiger partial charge in [-0.3, -0.25) is 29.7 Å². The molecule has 0 radical (unpaired) electrons.